The van der Waals surface area contributed by atoms with Crippen LogP contribution in [0, 0.1) is 0 Å². The molecular formula is C6H4N2O. The number of oxime groups is 1. The van der Waals surface area contributed by atoms with E-state index < -0.39 is 0 Å². The topological polar surface area (TPSA) is 34.5 Å². The minimum Gasteiger partial charge on any atom is -0.357 e. The summed E-state index contributed by atoms with van der Waals surface area (Å²) in [5.41, 5.74) is 0.846. The van der Waals surface area contributed by atoms with E-state index in [1.54, 1.807) is 18.5 Å². The van der Waals surface area contributed by atoms with E-state index in [1.807, 2.05) is 6.07 Å². The molecule has 44 valence electrons. The smallest absolute Gasteiger partial charge is 0.161 e. The normalized spacial score (nSPS) is 12.9. The van der Waals surface area contributed by atoms with Crippen LogP contribution in [0.2, 0.25) is 0 Å². The molecule has 0 atom stereocenters. The molecular weight excluding hydrogens is 116 g/mol. The van der Waals surface area contributed by atoms with Crippen LogP contribution in [0.3, 0.4) is 0 Å². The molecule has 0 radical (unpaired) electrons. The van der Waals surface area contributed by atoms with Crippen LogP contribution >= 0.6 is 0 Å². The molecule has 1 aromatic heterocycles. The Bertz CT molecular complexity index is 257. The van der Waals surface area contributed by atoms with Gasteiger partial charge in [0.25, 0.3) is 0 Å². The van der Waals surface area contributed by atoms with Gasteiger partial charge in [0, 0.05) is 18.3 Å². The molecule has 9 heavy (non-hydrogen) atoms. The van der Waals surface area contributed by atoms with Crippen LogP contribution in [0.25, 0.3) is 0 Å². The second kappa shape index (κ2) is 1.55. The minimum absolute atomic E-state index is 0.752. The lowest BCUT2D eigenvalue weighted by atomic mass is 10.3. The van der Waals surface area contributed by atoms with Gasteiger partial charge in [0.15, 0.2) is 5.75 Å². The molecule has 0 unspecified atom stereocenters. The zero-order valence-electron chi connectivity index (χ0n) is 4.61. The molecule has 2 heterocycles. The van der Waals surface area contributed by atoms with E-state index in [9.17, 15) is 0 Å². The largest absolute Gasteiger partial charge is 0.357 e. The number of rotatable bonds is 0. The summed E-state index contributed by atoms with van der Waals surface area (Å²) in [5, 5.41) is 3.59. The van der Waals surface area contributed by atoms with Crippen LogP contribution in [0.5, 0.6) is 5.75 Å². The maximum Gasteiger partial charge on any atom is 0.161 e. The third-order valence-electron chi connectivity index (χ3n) is 1.10. The first-order valence-corrected chi connectivity index (χ1v) is 2.61. The number of nitrogens with zero attached hydrogens (tertiary/aromatic N) is 2. The van der Waals surface area contributed by atoms with Crippen molar-refractivity contribution in [2.24, 2.45) is 5.16 Å². The van der Waals surface area contributed by atoms with Gasteiger partial charge in [0.2, 0.25) is 0 Å². The summed E-state index contributed by atoms with van der Waals surface area (Å²) < 4.78 is 0. The SMILES string of the molecule is C1=NOc2ccnc1c2. The van der Waals surface area contributed by atoms with Gasteiger partial charge in [0.1, 0.15) is 0 Å². The van der Waals surface area contributed by atoms with E-state index in [0.29, 0.717) is 0 Å². The average molecular weight is 120 g/mol. The molecule has 0 saturated heterocycles. The van der Waals surface area contributed by atoms with Crippen molar-refractivity contribution in [1.29, 1.82) is 0 Å². The monoisotopic (exact) mass is 120 g/mol. The predicted octanol–water partition coefficient (Wildman–Crippen LogP) is 0.808. The van der Waals surface area contributed by atoms with Gasteiger partial charge < -0.3 is 4.84 Å². The van der Waals surface area contributed by atoms with Crippen LogP contribution in [0.15, 0.2) is 23.5 Å². The van der Waals surface area contributed by atoms with Crippen molar-refractivity contribution in [2.75, 3.05) is 0 Å². The molecule has 2 rings (SSSR count). The molecule has 0 spiro atoms. The molecule has 0 amide bonds. The molecule has 1 aliphatic rings. The van der Waals surface area contributed by atoms with Gasteiger partial charge in [-0.3, -0.25) is 4.98 Å². The summed E-state index contributed by atoms with van der Waals surface area (Å²) in [6, 6.07) is 3.59. The van der Waals surface area contributed by atoms with Gasteiger partial charge in [-0.25, -0.2) is 0 Å². The van der Waals surface area contributed by atoms with Gasteiger partial charge >= 0.3 is 0 Å². The van der Waals surface area contributed by atoms with Gasteiger partial charge in [-0.05, 0) is 0 Å². The first-order valence-electron chi connectivity index (χ1n) is 2.61. The Morgan fingerprint density at radius 1 is 1.44 bits per heavy atom. The van der Waals surface area contributed by atoms with Crippen molar-refractivity contribution in [2.45, 2.75) is 0 Å². The van der Waals surface area contributed by atoms with Gasteiger partial charge in [0.05, 0.1) is 11.9 Å². The quantitative estimate of drug-likeness (QED) is 0.507. The van der Waals surface area contributed by atoms with Crippen LogP contribution < -0.4 is 4.84 Å². The molecule has 1 aromatic rings. The fourth-order valence-electron chi connectivity index (χ4n) is 0.697. The van der Waals surface area contributed by atoms with Gasteiger partial charge in [-0.2, -0.15) is 0 Å². The third kappa shape index (κ3) is 0.661. The lowest BCUT2D eigenvalue weighted by Gasteiger charge is -2.02. The summed E-state index contributed by atoms with van der Waals surface area (Å²) >= 11 is 0. The molecule has 2 bridgehead atoms. The molecule has 1 aliphatic heterocycles. The Labute approximate surface area is 52.0 Å². The molecule has 3 nitrogen and oxygen atoms in total. The van der Waals surface area contributed by atoms with Crippen LogP contribution in [-0.4, -0.2) is 11.2 Å². The summed E-state index contributed by atoms with van der Waals surface area (Å²) in [7, 11) is 0. The Kier molecular flexibility index (Phi) is 0.773. The van der Waals surface area contributed by atoms with Crippen molar-refractivity contribution >= 4 is 6.21 Å². The lowest BCUT2D eigenvalue weighted by molar-refractivity contribution is 0.339. The molecule has 0 N–H and O–H groups in total. The lowest BCUT2D eigenvalue weighted by Crippen LogP contribution is -1.96. The second-order valence-electron chi connectivity index (χ2n) is 1.74. The van der Waals surface area contributed by atoms with Gasteiger partial charge in [-0.1, -0.05) is 5.16 Å². The summed E-state index contributed by atoms with van der Waals surface area (Å²) in [5.74, 6) is 0.752. The van der Waals surface area contributed by atoms with Crippen molar-refractivity contribution in [3.8, 4) is 5.75 Å². The molecule has 0 aromatic carbocycles. The van der Waals surface area contributed by atoms with Crippen molar-refractivity contribution in [3.63, 3.8) is 0 Å². The van der Waals surface area contributed by atoms with E-state index in [4.69, 9.17) is 4.84 Å². The molecule has 0 saturated carbocycles. The third-order valence-corrected chi connectivity index (χ3v) is 1.10. The number of fused-ring (bicyclic) bond motifs is 2. The zero-order valence-corrected chi connectivity index (χ0v) is 4.61. The fourth-order valence-corrected chi connectivity index (χ4v) is 0.697. The maximum absolute atomic E-state index is 4.81. The Morgan fingerprint density at radius 2 is 2.44 bits per heavy atom. The highest BCUT2D eigenvalue weighted by Crippen LogP contribution is 2.12. The first kappa shape index (κ1) is 4.49. The number of hydrogen-bond donors (Lipinski definition) is 0. The zero-order chi connectivity index (χ0) is 6.10. The van der Waals surface area contributed by atoms with Gasteiger partial charge in [-0.15, -0.1) is 0 Å². The highest BCUT2D eigenvalue weighted by molar-refractivity contribution is 5.78. The van der Waals surface area contributed by atoms with Crippen LogP contribution in [0.1, 0.15) is 5.69 Å². The predicted molar refractivity (Wildman–Crippen MR) is 32.5 cm³/mol. The average Bonchev–Trinajstić information content (AvgIpc) is 1.88. The summed E-state index contributed by atoms with van der Waals surface area (Å²) in [6.07, 6.45) is 3.27. The van der Waals surface area contributed by atoms with Crippen molar-refractivity contribution in [1.82, 2.24) is 4.98 Å². The summed E-state index contributed by atoms with van der Waals surface area (Å²) in [4.78, 5) is 8.79. The highest BCUT2D eigenvalue weighted by Gasteiger charge is 1.99. The van der Waals surface area contributed by atoms with Crippen molar-refractivity contribution in [3.05, 3.63) is 24.0 Å². The second-order valence-corrected chi connectivity index (χ2v) is 1.74. The fraction of sp³-hybridized carbons (Fsp3) is 0. The summed E-state index contributed by atoms with van der Waals surface area (Å²) in [6.45, 7) is 0. The minimum atomic E-state index is 0.752. The van der Waals surface area contributed by atoms with Crippen molar-refractivity contribution < 1.29 is 4.84 Å². The van der Waals surface area contributed by atoms with E-state index in [1.165, 1.54) is 0 Å². The first-order chi connectivity index (χ1) is 4.45. The Balaban J connectivity index is 2.64. The molecule has 3 heteroatoms. The Hall–Kier alpha value is -1.38. The standard InChI is InChI=1S/C6H4N2O/c1-2-7-5-3-6(1)9-8-4-5/h1-4H. The maximum atomic E-state index is 4.81. The number of pyridine rings is 1. The number of aromatic nitrogens is 1. The number of hydrogen-bond acceptors (Lipinski definition) is 3. The van der Waals surface area contributed by atoms with Crippen LogP contribution in [-0.2, 0) is 0 Å². The molecule has 0 fully saturated rings. The molecule has 0 aliphatic carbocycles. The van der Waals surface area contributed by atoms with Crippen LogP contribution in [0.4, 0.5) is 0 Å². The Morgan fingerprint density at radius 3 is 3.22 bits per heavy atom. The van der Waals surface area contributed by atoms with E-state index >= 15 is 0 Å². The van der Waals surface area contributed by atoms with E-state index in [0.717, 1.165) is 11.4 Å². The van der Waals surface area contributed by atoms with E-state index in [2.05, 4.69) is 10.1 Å². The highest BCUT2D eigenvalue weighted by atomic mass is 16.6. The van der Waals surface area contributed by atoms with E-state index in [-0.39, 0.29) is 0 Å².